The fraction of sp³-hybridized carbons (Fsp3) is 0.120. The number of carbonyl (C=O) groups excluding carboxylic acids is 1. The van der Waals surface area contributed by atoms with Gasteiger partial charge in [-0.3, -0.25) is 9.36 Å². The number of carbonyl (C=O) groups is 1. The molecule has 4 aromatic rings. The van der Waals surface area contributed by atoms with Crippen LogP contribution in [-0.4, -0.2) is 46.9 Å². The highest BCUT2D eigenvalue weighted by atomic mass is 32.2. The summed E-state index contributed by atoms with van der Waals surface area (Å²) >= 11 is 1.23. The van der Waals surface area contributed by atoms with Gasteiger partial charge in [0, 0.05) is 11.3 Å². The van der Waals surface area contributed by atoms with Gasteiger partial charge < -0.3 is 9.47 Å². The summed E-state index contributed by atoms with van der Waals surface area (Å²) in [6.45, 7) is 0. The van der Waals surface area contributed by atoms with E-state index in [1.165, 1.54) is 30.1 Å². The molecule has 0 spiro atoms. The molecule has 0 fully saturated rings. The highest BCUT2D eigenvalue weighted by Gasteiger charge is 2.17. The number of aromatic nitrogens is 3. The lowest BCUT2D eigenvalue weighted by Gasteiger charge is -2.11. The van der Waals surface area contributed by atoms with E-state index in [-0.39, 0.29) is 17.5 Å². The lowest BCUT2D eigenvalue weighted by molar-refractivity contribution is -0.118. The van der Waals surface area contributed by atoms with E-state index in [0.717, 1.165) is 22.7 Å². The van der Waals surface area contributed by atoms with Crippen LogP contribution in [0.5, 0.6) is 11.5 Å². The lowest BCUT2D eigenvalue weighted by Crippen LogP contribution is -2.20. The van der Waals surface area contributed by atoms with Crippen molar-refractivity contribution in [2.24, 2.45) is 5.10 Å². The Hall–Kier alpha value is -4.18. The van der Waals surface area contributed by atoms with Gasteiger partial charge in [-0.2, -0.15) is 5.10 Å². The molecule has 0 saturated carbocycles. The van der Waals surface area contributed by atoms with Crippen molar-refractivity contribution in [1.29, 1.82) is 0 Å². The third kappa shape index (κ3) is 6.04. The van der Waals surface area contributed by atoms with Gasteiger partial charge in [0.05, 0.1) is 26.2 Å². The molecule has 0 bridgehead atoms. The van der Waals surface area contributed by atoms with E-state index in [2.05, 4.69) is 20.7 Å². The molecule has 8 nitrogen and oxygen atoms in total. The van der Waals surface area contributed by atoms with Crippen LogP contribution in [-0.2, 0) is 4.79 Å². The largest absolute Gasteiger partial charge is 0.497 e. The van der Waals surface area contributed by atoms with Crippen LogP contribution < -0.4 is 14.9 Å². The summed E-state index contributed by atoms with van der Waals surface area (Å²) in [5.74, 6) is 1.49. The van der Waals surface area contributed by atoms with Crippen LogP contribution in [0.1, 0.15) is 5.56 Å². The summed E-state index contributed by atoms with van der Waals surface area (Å²) < 4.78 is 25.4. The number of methoxy groups -OCH3 is 2. The number of nitrogens with zero attached hydrogens (tertiary/aromatic N) is 4. The standard InChI is InChI=1S/C25H22FN5O3S/c1-33-21-11-5-18(6-12-21)24-29-30-25(31(24)20-9-13-22(34-2)14-10-20)35-16-23(32)28-27-15-17-3-7-19(26)8-4-17/h3-15H,16H2,1-2H3,(H,28,32)/b27-15+. The van der Waals surface area contributed by atoms with E-state index in [9.17, 15) is 9.18 Å². The maximum atomic E-state index is 13.0. The Balaban J connectivity index is 1.52. The molecule has 1 amide bonds. The van der Waals surface area contributed by atoms with Crippen molar-refractivity contribution in [3.05, 3.63) is 84.2 Å². The zero-order valence-electron chi connectivity index (χ0n) is 19.0. The predicted octanol–water partition coefficient (Wildman–Crippen LogP) is 4.33. The van der Waals surface area contributed by atoms with E-state index in [1.807, 2.05) is 53.1 Å². The smallest absolute Gasteiger partial charge is 0.250 e. The molecule has 35 heavy (non-hydrogen) atoms. The van der Waals surface area contributed by atoms with Crippen molar-refractivity contribution in [3.8, 4) is 28.6 Å². The number of benzene rings is 3. The number of thioether (sulfide) groups is 1. The van der Waals surface area contributed by atoms with Gasteiger partial charge in [0.15, 0.2) is 11.0 Å². The fourth-order valence-corrected chi connectivity index (χ4v) is 3.89. The third-order valence-corrected chi connectivity index (χ3v) is 5.85. The van der Waals surface area contributed by atoms with Crippen molar-refractivity contribution in [2.75, 3.05) is 20.0 Å². The normalized spacial score (nSPS) is 10.9. The lowest BCUT2D eigenvalue weighted by atomic mass is 10.2. The number of hydrazone groups is 1. The van der Waals surface area contributed by atoms with Gasteiger partial charge in [-0.25, -0.2) is 9.82 Å². The van der Waals surface area contributed by atoms with Crippen molar-refractivity contribution in [1.82, 2.24) is 20.2 Å². The topological polar surface area (TPSA) is 90.6 Å². The maximum absolute atomic E-state index is 13.0. The summed E-state index contributed by atoms with van der Waals surface area (Å²) in [6, 6.07) is 20.8. The molecule has 0 aliphatic carbocycles. The van der Waals surface area contributed by atoms with Crippen LogP contribution in [0.4, 0.5) is 4.39 Å². The van der Waals surface area contributed by atoms with Crippen molar-refractivity contribution in [2.45, 2.75) is 5.16 Å². The van der Waals surface area contributed by atoms with E-state index >= 15 is 0 Å². The Bertz CT molecular complexity index is 1310. The van der Waals surface area contributed by atoms with Crippen LogP contribution >= 0.6 is 11.8 Å². The number of rotatable bonds is 9. The van der Waals surface area contributed by atoms with Crippen molar-refractivity contribution < 1.29 is 18.7 Å². The first-order valence-electron chi connectivity index (χ1n) is 10.5. The Kier molecular flexibility index (Phi) is 7.74. The first-order chi connectivity index (χ1) is 17.1. The number of halogens is 1. The van der Waals surface area contributed by atoms with E-state index in [1.54, 1.807) is 26.4 Å². The number of amides is 1. The van der Waals surface area contributed by atoms with Gasteiger partial charge in [-0.1, -0.05) is 23.9 Å². The summed E-state index contributed by atoms with van der Waals surface area (Å²) in [5.41, 5.74) is 4.80. The van der Waals surface area contributed by atoms with Crippen LogP contribution in [0.3, 0.4) is 0 Å². The minimum Gasteiger partial charge on any atom is -0.497 e. The first-order valence-corrected chi connectivity index (χ1v) is 11.5. The Morgan fingerprint density at radius 2 is 1.60 bits per heavy atom. The molecule has 1 heterocycles. The molecule has 178 valence electrons. The van der Waals surface area contributed by atoms with Crippen LogP contribution in [0.2, 0.25) is 0 Å². The van der Waals surface area contributed by atoms with Crippen molar-refractivity contribution >= 4 is 23.9 Å². The summed E-state index contributed by atoms with van der Waals surface area (Å²) in [6.07, 6.45) is 1.45. The molecule has 0 saturated heterocycles. The third-order valence-electron chi connectivity index (χ3n) is 4.92. The highest BCUT2D eigenvalue weighted by Crippen LogP contribution is 2.29. The Morgan fingerprint density at radius 3 is 2.23 bits per heavy atom. The van der Waals surface area contributed by atoms with Crippen LogP contribution in [0.15, 0.2) is 83.1 Å². The van der Waals surface area contributed by atoms with Gasteiger partial charge in [-0.05, 0) is 66.2 Å². The number of nitrogens with one attached hydrogen (secondary N) is 1. The molecule has 0 atom stereocenters. The fourth-order valence-electron chi connectivity index (χ4n) is 3.14. The SMILES string of the molecule is COc1ccc(-c2nnc(SCC(=O)N/N=C/c3ccc(F)cc3)n2-c2ccc(OC)cc2)cc1. The van der Waals surface area contributed by atoms with E-state index < -0.39 is 0 Å². The van der Waals surface area contributed by atoms with Gasteiger partial charge >= 0.3 is 0 Å². The molecule has 10 heteroatoms. The second kappa shape index (κ2) is 11.3. The average Bonchev–Trinajstić information content (AvgIpc) is 3.32. The van der Waals surface area contributed by atoms with Crippen LogP contribution in [0.25, 0.3) is 17.1 Å². The first kappa shape index (κ1) is 24.0. The van der Waals surface area contributed by atoms with E-state index in [4.69, 9.17) is 9.47 Å². The monoisotopic (exact) mass is 491 g/mol. The highest BCUT2D eigenvalue weighted by molar-refractivity contribution is 7.99. The number of ether oxygens (including phenoxy) is 2. The van der Waals surface area contributed by atoms with Gasteiger partial charge in [-0.15, -0.1) is 10.2 Å². The number of hydrogen-bond acceptors (Lipinski definition) is 7. The Morgan fingerprint density at radius 1 is 0.971 bits per heavy atom. The molecule has 3 aromatic carbocycles. The molecule has 1 aromatic heterocycles. The van der Waals surface area contributed by atoms with Crippen LogP contribution in [0, 0.1) is 5.82 Å². The minimum absolute atomic E-state index is 0.0671. The summed E-state index contributed by atoms with van der Waals surface area (Å²) in [5, 5.41) is 13.2. The zero-order chi connectivity index (χ0) is 24.6. The number of hydrogen-bond donors (Lipinski definition) is 1. The molecule has 0 aliphatic rings. The predicted molar refractivity (Wildman–Crippen MR) is 133 cm³/mol. The molecule has 0 radical (unpaired) electrons. The summed E-state index contributed by atoms with van der Waals surface area (Å²) in [4.78, 5) is 12.3. The zero-order valence-corrected chi connectivity index (χ0v) is 19.8. The van der Waals surface area contributed by atoms with Gasteiger partial charge in [0.2, 0.25) is 0 Å². The van der Waals surface area contributed by atoms with Crippen molar-refractivity contribution in [3.63, 3.8) is 0 Å². The molecule has 0 aliphatic heterocycles. The maximum Gasteiger partial charge on any atom is 0.250 e. The second-order valence-electron chi connectivity index (χ2n) is 7.20. The van der Waals surface area contributed by atoms with Gasteiger partial charge in [0.1, 0.15) is 17.3 Å². The quantitative estimate of drug-likeness (QED) is 0.213. The summed E-state index contributed by atoms with van der Waals surface area (Å²) in [7, 11) is 3.22. The molecular formula is C25H22FN5O3S. The molecule has 4 rings (SSSR count). The average molecular weight is 492 g/mol. The van der Waals surface area contributed by atoms with Gasteiger partial charge in [0.25, 0.3) is 5.91 Å². The van der Waals surface area contributed by atoms with E-state index in [0.29, 0.717) is 16.5 Å². The minimum atomic E-state index is -0.336. The Labute approximate surface area is 205 Å². The molecular weight excluding hydrogens is 469 g/mol. The molecule has 1 N–H and O–H groups in total. The second-order valence-corrected chi connectivity index (χ2v) is 8.14. The molecule has 0 unspecified atom stereocenters.